The van der Waals surface area contributed by atoms with Crippen molar-refractivity contribution in [1.82, 2.24) is 9.88 Å². The van der Waals surface area contributed by atoms with E-state index < -0.39 is 0 Å². The number of aromatic nitrogens is 1. The highest BCUT2D eigenvalue weighted by molar-refractivity contribution is 5.84. The van der Waals surface area contributed by atoms with Gasteiger partial charge in [0.15, 0.2) is 0 Å². The van der Waals surface area contributed by atoms with E-state index in [2.05, 4.69) is 61.1 Å². The molecule has 1 heterocycles. The van der Waals surface area contributed by atoms with E-state index in [-0.39, 0.29) is 5.91 Å². The van der Waals surface area contributed by atoms with Gasteiger partial charge in [-0.15, -0.1) is 0 Å². The van der Waals surface area contributed by atoms with Gasteiger partial charge in [-0.2, -0.15) is 0 Å². The SMILES string of the molecule is CCCNC(=O)Cc1ccc2ccn(C(CC)CCC)c2c1. The van der Waals surface area contributed by atoms with Crippen molar-refractivity contribution in [3.8, 4) is 0 Å². The Labute approximate surface area is 133 Å². The molecule has 1 amide bonds. The Morgan fingerprint density at radius 3 is 2.68 bits per heavy atom. The molecule has 0 aliphatic rings. The zero-order chi connectivity index (χ0) is 15.9. The van der Waals surface area contributed by atoms with Crippen LogP contribution >= 0.6 is 0 Å². The molecule has 2 rings (SSSR count). The third-order valence-corrected chi connectivity index (χ3v) is 4.21. The summed E-state index contributed by atoms with van der Waals surface area (Å²) in [6, 6.07) is 9.10. The number of nitrogens with zero attached hydrogens (tertiary/aromatic N) is 1. The number of carbonyl (C=O) groups excluding carboxylic acids is 1. The topological polar surface area (TPSA) is 34.0 Å². The molecular weight excluding hydrogens is 272 g/mol. The fourth-order valence-electron chi connectivity index (χ4n) is 3.01. The van der Waals surface area contributed by atoms with Crippen molar-refractivity contribution in [2.75, 3.05) is 6.54 Å². The number of rotatable bonds is 8. The number of benzene rings is 1. The van der Waals surface area contributed by atoms with Crippen LogP contribution in [0.15, 0.2) is 30.5 Å². The summed E-state index contributed by atoms with van der Waals surface area (Å²) in [5, 5.41) is 4.20. The Kier molecular flexibility index (Phi) is 6.05. The minimum atomic E-state index is 0.111. The Balaban J connectivity index is 2.22. The average molecular weight is 300 g/mol. The molecule has 0 aliphatic heterocycles. The summed E-state index contributed by atoms with van der Waals surface area (Å²) in [5.74, 6) is 0.111. The fraction of sp³-hybridized carbons (Fsp3) is 0.526. The molecule has 2 aromatic rings. The molecule has 120 valence electrons. The minimum absolute atomic E-state index is 0.111. The molecule has 3 heteroatoms. The monoisotopic (exact) mass is 300 g/mol. The maximum Gasteiger partial charge on any atom is 0.224 e. The number of amides is 1. The van der Waals surface area contributed by atoms with Crippen LogP contribution in [0.4, 0.5) is 0 Å². The quantitative estimate of drug-likeness (QED) is 0.767. The lowest BCUT2D eigenvalue weighted by atomic mass is 10.1. The molecule has 0 radical (unpaired) electrons. The third kappa shape index (κ3) is 3.90. The van der Waals surface area contributed by atoms with Crippen LogP contribution in [0.5, 0.6) is 0 Å². The second-order valence-corrected chi connectivity index (χ2v) is 5.99. The first-order chi connectivity index (χ1) is 10.7. The fourth-order valence-corrected chi connectivity index (χ4v) is 3.01. The second kappa shape index (κ2) is 8.02. The van der Waals surface area contributed by atoms with Gasteiger partial charge in [0, 0.05) is 24.3 Å². The van der Waals surface area contributed by atoms with Crippen LogP contribution in [0.1, 0.15) is 58.1 Å². The van der Waals surface area contributed by atoms with E-state index in [1.54, 1.807) is 0 Å². The predicted molar refractivity (Wildman–Crippen MR) is 93.2 cm³/mol. The van der Waals surface area contributed by atoms with Gasteiger partial charge in [0.05, 0.1) is 6.42 Å². The molecule has 0 aliphatic carbocycles. The van der Waals surface area contributed by atoms with Gasteiger partial charge >= 0.3 is 0 Å². The van der Waals surface area contributed by atoms with Gasteiger partial charge in [0.1, 0.15) is 0 Å². The summed E-state index contributed by atoms with van der Waals surface area (Å²) < 4.78 is 2.38. The lowest BCUT2D eigenvalue weighted by Crippen LogP contribution is -2.25. The van der Waals surface area contributed by atoms with Gasteiger partial charge in [-0.05, 0) is 42.3 Å². The van der Waals surface area contributed by atoms with Gasteiger partial charge in [-0.25, -0.2) is 0 Å². The molecule has 0 fully saturated rings. The van der Waals surface area contributed by atoms with E-state index in [0.717, 1.165) is 24.9 Å². The maximum atomic E-state index is 11.9. The van der Waals surface area contributed by atoms with Crippen LogP contribution in [0.25, 0.3) is 10.9 Å². The molecular formula is C19H28N2O. The van der Waals surface area contributed by atoms with E-state index in [1.165, 1.54) is 23.7 Å². The first-order valence-electron chi connectivity index (χ1n) is 8.55. The zero-order valence-corrected chi connectivity index (χ0v) is 14.1. The van der Waals surface area contributed by atoms with E-state index >= 15 is 0 Å². The van der Waals surface area contributed by atoms with Crippen LogP contribution in [-0.2, 0) is 11.2 Å². The number of nitrogens with one attached hydrogen (secondary N) is 1. The molecule has 1 atom stereocenters. The molecule has 0 spiro atoms. The van der Waals surface area contributed by atoms with Crippen LogP contribution in [0, 0.1) is 0 Å². The summed E-state index contributed by atoms with van der Waals surface area (Å²) in [4.78, 5) is 11.9. The first kappa shape index (κ1) is 16.6. The number of hydrogen-bond acceptors (Lipinski definition) is 1. The Hall–Kier alpha value is -1.77. The summed E-state index contributed by atoms with van der Waals surface area (Å²) >= 11 is 0. The standard InChI is InChI=1S/C19H28N2O/c1-4-7-17(6-3)21-12-10-16-9-8-15(13-18(16)21)14-19(22)20-11-5-2/h8-10,12-13,17H,4-7,11,14H2,1-3H3,(H,20,22). The average Bonchev–Trinajstić information content (AvgIpc) is 2.93. The lowest BCUT2D eigenvalue weighted by molar-refractivity contribution is -0.120. The highest BCUT2D eigenvalue weighted by Gasteiger charge is 2.11. The summed E-state index contributed by atoms with van der Waals surface area (Å²) in [6.45, 7) is 7.30. The largest absolute Gasteiger partial charge is 0.356 e. The normalized spacial score (nSPS) is 12.5. The molecule has 1 aromatic heterocycles. The molecule has 0 saturated heterocycles. The number of carbonyl (C=O) groups is 1. The highest BCUT2D eigenvalue weighted by atomic mass is 16.1. The van der Waals surface area contributed by atoms with Gasteiger partial charge in [-0.1, -0.05) is 39.3 Å². The molecule has 1 N–H and O–H groups in total. The van der Waals surface area contributed by atoms with Gasteiger partial charge in [-0.3, -0.25) is 4.79 Å². The van der Waals surface area contributed by atoms with E-state index in [1.807, 2.05) is 0 Å². The van der Waals surface area contributed by atoms with Crippen LogP contribution in [0.3, 0.4) is 0 Å². The Morgan fingerprint density at radius 1 is 1.18 bits per heavy atom. The van der Waals surface area contributed by atoms with Crippen LogP contribution in [-0.4, -0.2) is 17.0 Å². The first-order valence-corrected chi connectivity index (χ1v) is 8.55. The summed E-state index contributed by atoms with van der Waals surface area (Å²) in [6.07, 6.45) is 7.15. The number of hydrogen-bond donors (Lipinski definition) is 1. The molecule has 3 nitrogen and oxygen atoms in total. The van der Waals surface area contributed by atoms with Crippen molar-refractivity contribution in [2.24, 2.45) is 0 Å². The number of fused-ring (bicyclic) bond motifs is 1. The van der Waals surface area contributed by atoms with E-state index in [0.29, 0.717) is 12.5 Å². The van der Waals surface area contributed by atoms with Crippen LogP contribution in [0.2, 0.25) is 0 Å². The van der Waals surface area contributed by atoms with Crippen molar-refractivity contribution < 1.29 is 4.79 Å². The van der Waals surface area contributed by atoms with Gasteiger partial charge < -0.3 is 9.88 Å². The van der Waals surface area contributed by atoms with Crippen molar-refractivity contribution in [3.05, 3.63) is 36.0 Å². The minimum Gasteiger partial charge on any atom is -0.356 e. The van der Waals surface area contributed by atoms with Crippen molar-refractivity contribution in [2.45, 2.75) is 58.9 Å². The van der Waals surface area contributed by atoms with Crippen molar-refractivity contribution in [1.29, 1.82) is 0 Å². The molecule has 22 heavy (non-hydrogen) atoms. The van der Waals surface area contributed by atoms with Gasteiger partial charge in [0.25, 0.3) is 0 Å². The Bertz CT molecular complexity index is 615. The lowest BCUT2D eigenvalue weighted by Gasteiger charge is -2.18. The smallest absolute Gasteiger partial charge is 0.224 e. The molecule has 0 bridgehead atoms. The second-order valence-electron chi connectivity index (χ2n) is 5.99. The molecule has 0 saturated carbocycles. The van der Waals surface area contributed by atoms with Crippen LogP contribution < -0.4 is 5.32 Å². The highest BCUT2D eigenvalue weighted by Crippen LogP contribution is 2.26. The van der Waals surface area contributed by atoms with Gasteiger partial charge in [0.2, 0.25) is 5.91 Å². The van der Waals surface area contributed by atoms with E-state index in [4.69, 9.17) is 0 Å². The Morgan fingerprint density at radius 2 is 2.00 bits per heavy atom. The maximum absolute atomic E-state index is 11.9. The van der Waals surface area contributed by atoms with Crippen molar-refractivity contribution >= 4 is 16.8 Å². The predicted octanol–water partition coefficient (Wildman–Crippen LogP) is 4.46. The summed E-state index contributed by atoms with van der Waals surface area (Å²) in [7, 11) is 0. The molecule has 1 aromatic carbocycles. The van der Waals surface area contributed by atoms with Crippen molar-refractivity contribution in [3.63, 3.8) is 0 Å². The summed E-state index contributed by atoms with van der Waals surface area (Å²) in [5.41, 5.74) is 2.34. The molecule has 1 unspecified atom stereocenters. The third-order valence-electron chi connectivity index (χ3n) is 4.21. The van der Waals surface area contributed by atoms with E-state index in [9.17, 15) is 4.79 Å². The zero-order valence-electron chi connectivity index (χ0n) is 14.1.